The molecule has 0 spiro atoms. The van der Waals surface area contributed by atoms with Gasteiger partial charge in [0.25, 0.3) is 0 Å². The monoisotopic (exact) mass is 434 g/mol. The Bertz CT molecular complexity index is 1030. The summed E-state index contributed by atoms with van der Waals surface area (Å²) in [5.41, 5.74) is 3.92. The zero-order chi connectivity index (χ0) is 22.3. The number of alkyl carbamates (subject to hydrolysis) is 1. The first kappa shape index (κ1) is 20.5. The van der Waals surface area contributed by atoms with Crippen molar-refractivity contribution in [1.29, 1.82) is 0 Å². The van der Waals surface area contributed by atoms with Crippen LogP contribution in [0.3, 0.4) is 0 Å². The van der Waals surface area contributed by atoms with E-state index in [4.69, 9.17) is 4.74 Å². The zero-order valence-electron chi connectivity index (χ0n) is 17.7. The van der Waals surface area contributed by atoms with Crippen molar-refractivity contribution in [2.75, 3.05) is 19.7 Å². The largest absolute Gasteiger partial charge is 0.481 e. The Morgan fingerprint density at radius 1 is 0.969 bits per heavy atom. The van der Waals surface area contributed by atoms with Gasteiger partial charge < -0.3 is 20.5 Å². The summed E-state index contributed by atoms with van der Waals surface area (Å²) in [6.07, 6.45) is 1.43. The topological polar surface area (TPSA) is 105 Å². The van der Waals surface area contributed by atoms with Gasteiger partial charge in [-0.25, -0.2) is 4.79 Å². The third kappa shape index (κ3) is 3.83. The first-order valence-electron chi connectivity index (χ1n) is 11.1. The van der Waals surface area contributed by atoms with Crippen molar-refractivity contribution < 1.29 is 24.2 Å². The number of hydrogen-bond donors (Lipinski definition) is 3. The number of rotatable bonds is 8. The number of carbonyl (C=O) groups is 3. The Morgan fingerprint density at radius 3 is 2.19 bits per heavy atom. The van der Waals surface area contributed by atoms with E-state index < -0.39 is 17.5 Å². The van der Waals surface area contributed by atoms with Gasteiger partial charge in [0.2, 0.25) is 5.91 Å². The van der Waals surface area contributed by atoms with Gasteiger partial charge in [-0.2, -0.15) is 0 Å². The minimum absolute atomic E-state index is 0.0107. The standard InChI is InChI=1S/C25H26N2O5/c28-22(27-14-25(9-10-25)23(29)30)20-11-15(20)12-26-24(31)32-13-21-18-7-3-1-5-16(18)17-6-2-4-8-19(17)21/h1-8,15,20-21H,9-14H2,(H,26,31)(H,27,28)(H,29,30)/t15-,20-/m1/s1. The summed E-state index contributed by atoms with van der Waals surface area (Å²) in [4.78, 5) is 35.7. The van der Waals surface area contributed by atoms with E-state index in [1.165, 1.54) is 11.1 Å². The second-order valence-corrected chi connectivity index (χ2v) is 9.11. The molecule has 7 heteroatoms. The highest BCUT2D eigenvalue weighted by molar-refractivity contribution is 5.84. The average Bonchev–Trinajstić information content (AvgIpc) is 3.72. The molecule has 0 radical (unpaired) electrons. The molecule has 2 saturated carbocycles. The molecule has 2 aromatic carbocycles. The molecule has 0 heterocycles. The van der Waals surface area contributed by atoms with Gasteiger partial charge >= 0.3 is 12.1 Å². The van der Waals surface area contributed by atoms with Crippen LogP contribution in [0.4, 0.5) is 4.79 Å². The van der Waals surface area contributed by atoms with Gasteiger partial charge in [-0.05, 0) is 47.4 Å². The SMILES string of the molecule is O=C(NC[C@H]1C[C@H]1C(=O)NCC1(C(=O)O)CC1)OCC1c2ccccc2-c2ccccc21. The summed E-state index contributed by atoms with van der Waals surface area (Å²) in [5.74, 6) is -1.07. The van der Waals surface area contributed by atoms with E-state index in [1.54, 1.807) is 0 Å². The van der Waals surface area contributed by atoms with Crippen molar-refractivity contribution in [3.63, 3.8) is 0 Å². The lowest BCUT2D eigenvalue weighted by atomic mass is 9.98. The Balaban J connectivity index is 1.08. The highest BCUT2D eigenvalue weighted by Crippen LogP contribution is 2.46. The Hall–Kier alpha value is -3.35. The Labute approximate surface area is 186 Å². The smallest absolute Gasteiger partial charge is 0.407 e. The molecule has 7 nitrogen and oxygen atoms in total. The number of hydrogen-bond acceptors (Lipinski definition) is 4. The van der Waals surface area contributed by atoms with Crippen LogP contribution in [0.1, 0.15) is 36.3 Å². The highest BCUT2D eigenvalue weighted by atomic mass is 16.5. The van der Waals surface area contributed by atoms with Gasteiger partial charge in [-0.15, -0.1) is 0 Å². The van der Waals surface area contributed by atoms with E-state index in [2.05, 4.69) is 34.9 Å². The third-order valence-electron chi connectivity index (χ3n) is 7.02. The third-order valence-corrected chi connectivity index (χ3v) is 7.02. The molecular formula is C25H26N2O5. The molecule has 2 atom stereocenters. The van der Waals surface area contributed by atoms with Crippen LogP contribution in [0.15, 0.2) is 48.5 Å². The molecule has 0 aromatic heterocycles. The molecule has 3 aliphatic rings. The molecule has 2 amide bonds. The second kappa shape index (κ2) is 7.97. The maximum atomic E-state index is 12.3. The molecule has 3 aliphatic carbocycles. The minimum atomic E-state index is -0.845. The summed E-state index contributed by atoms with van der Waals surface area (Å²) >= 11 is 0. The molecule has 0 unspecified atom stereocenters. The summed E-state index contributed by atoms with van der Waals surface area (Å²) in [6, 6.07) is 16.4. The van der Waals surface area contributed by atoms with Crippen molar-refractivity contribution in [1.82, 2.24) is 10.6 Å². The molecule has 5 rings (SSSR count). The maximum absolute atomic E-state index is 12.3. The highest BCUT2D eigenvalue weighted by Gasteiger charge is 2.51. The summed E-state index contributed by atoms with van der Waals surface area (Å²) in [7, 11) is 0. The van der Waals surface area contributed by atoms with Gasteiger partial charge in [-0.3, -0.25) is 9.59 Å². The number of amides is 2. The number of fused-ring (bicyclic) bond motifs is 3. The van der Waals surface area contributed by atoms with E-state index in [0.29, 0.717) is 25.8 Å². The maximum Gasteiger partial charge on any atom is 0.407 e. The number of carboxylic acid groups (broad SMARTS) is 1. The van der Waals surface area contributed by atoms with Crippen LogP contribution in [-0.2, 0) is 14.3 Å². The minimum Gasteiger partial charge on any atom is -0.481 e. The number of aliphatic carboxylic acids is 1. The van der Waals surface area contributed by atoms with Gasteiger partial charge in [0.05, 0.1) is 5.41 Å². The number of nitrogens with one attached hydrogen (secondary N) is 2. The number of ether oxygens (including phenoxy) is 1. The number of carboxylic acids is 1. The van der Waals surface area contributed by atoms with Crippen LogP contribution >= 0.6 is 0 Å². The van der Waals surface area contributed by atoms with Crippen molar-refractivity contribution in [2.24, 2.45) is 17.3 Å². The van der Waals surface area contributed by atoms with Crippen molar-refractivity contribution in [3.05, 3.63) is 59.7 Å². The number of carbonyl (C=O) groups excluding carboxylic acids is 2. The Morgan fingerprint density at radius 2 is 1.59 bits per heavy atom. The van der Waals surface area contributed by atoms with E-state index in [9.17, 15) is 19.5 Å². The summed E-state index contributed by atoms with van der Waals surface area (Å²) < 4.78 is 5.52. The quantitative estimate of drug-likeness (QED) is 0.592. The van der Waals surface area contributed by atoms with Crippen LogP contribution in [0.25, 0.3) is 11.1 Å². The lowest BCUT2D eigenvalue weighted by molar-refractivity contribution is -0.143. The van der Waals surface area contributed by atoms with Gasteiger partial charge in [0.15, 0.2) is 0 Å². The predicted octanol–water partition coefficient (Wildman–Crippen LogP) is 3.14. The number of benzene rings is 2. The molecule has 0 bridgehead atoms. The molecule has 166 valence electrons. The van der Waals surface area contributed by atoms with Crippen molar-refractivity contribution in [3.8, 4) is 11.1 Å². The zero-order valence-corrected chi connectivity index (χ0v) is 17.7. The fourth-order valence-electron chi connectivity index (χ4n) is 4.66. The second-order valence-electron chi connectivity index (χ2n) is 9.11. The fourth-order valence-corrected chi connectivity index (χ4v) is 4.66. The normalized spacial score (nSPS) is 21.8. The lowest BCUT2D eigenvalue weighted by Crippen LogP contribution is -2.36. The first-order valence-corrected chi connectivity index (χ1v) is 11.1. The molecule has 0 aliphatic heterocycles. The van der Waals surface area contributed by atoms with E-state index >= 15 is 0 Å². The summed E-state index contributed by atoms with van der Waals surface area (Å²) in [6.45, 7) is 0.814. The van der Waals surface area contributed by atoms with Gasteiger partial charge in [0.1, 0.15) is 6.61 Å². The van der Waals surface area contributed by atoms with E-state index in [-0.39, 0.29) is 36.8 Å². The van der Waals surface area contributed by atoms with Crippen molar-refractivity contribution >= 4 is 18.0 Å². The predicted molar refractivity (Wildman–Crippen MR) is 117 cm³/mol. The molecule has 2 aromatic rings. The average molecular weight is 434 g/mol. The van der Waals surface area contributed by atoms with Gasteiger partial charge in [-0.1, -0.05) is 48.5 Å². The fraction of sp³-hybridized carbons (Fsp3) is 0.400. The van der Waals surface area contributed by atoms with Crippen LogP contribution < -0.4 is 10.6 Å². The van der Waals surface area contributed by atoms with Crippen LogP contribution in [0.5, 0.6) is 0 Å². The molecule has 32 heavy (non-hydrogen) atoms. The molecular weight excluding hydrogens is 408 g/mol. The summed E-state index contributed by atoms with van der Waals surface area (Å²) in [5, 5.41) is 14.7. The van der Waals surface area contributed by atoms with Crippen LogP contribution in [-0.4, -0.2) is 42.8 Å². The Kier molecular flexibility index (Phi) is 5.12. The van der Waals surface area contributed by atoms with E-state index in [1.807, 2.05) is 24.3 Å². The van der Waals surface area contributed by atoms with Gasteiger partial charge in [0, 0.05) is 24.9 Å². The molecule has 2 fully saturated rings. The van der Waals surface area contributed by atoms with Crippen LogP contribution in [0, 0.1) is 17.3 Å². The molecule has 3 N–H and O–H groups in total. The van der Waals surface area contributed by atoms with E-state index in [0.717, 1.165) is 11.1 Å². The first-order chi connectivity index (χ1) is 15.5. The van der Waals surface area contributed by atoms with Crippen LogP contribution in [0.2, 0.25) is 0 Å². The lowest BCUT2D eigenvalue weighted by Gasteiger charge is -2.14. The van der Waals surface area contributed by atoms with Crippen molar-refractivity contribution in [2.45, 2.75) is 25.2 Å². The molecule has 0 saturated heterocycles.